The molecule has 35 heavy (non-hydrogen) atoms. The number of nitrogens with zero attached hydrogens (tertiary/aromatic N) is 3. The summed E-state index contributed by atoms with van der Waals surface area (Å²) in [6.45, 7) is 9.07. The van der Waals surface area contributed by atoms with E-state index in [-0.39, 0.29) is 11.9 Å². The number of carbonyl (C=O) groups is 1. The van der Waals surface area contributed by atoms with Crippen LogP contribution in [0.1, 0.15) is 30.9 Å². The number of ether oxygens (including phenoxy) is 1. The lowest BCUT2D eigenvalue weighted by Gasteiger charge is -2.21. The number of benzene rings is 2. The van der Waals surface area contributed by atoms with Crippen LogP contribution in [0.4, 0.5) is 21.9 Å². The minimum absolute atomic E-state index is 0.205. The Morgan fingerprint density at radius 2 is 2.00 bits per heavy atom. The quantitative estimate of drug-likeness (QED) is 0.242. The summed E-state index contributed by atoms with van der Waals surface area (Å²) in [5.41, 5.74) is 4.56. The second kappa shape index (κ2) is 12.8. The van der Waals surface area contributed by atoms with E-state index in [1.807, 2.05) is 56.6 Å². The molecule has 2 aromatic rings. The molecule has 1 aliphatic rings. The van der Waals surface area contributed by atoms with Crippen molar-refractivity contribution in [3.8, 4) is 6.07 Å². The summed E-state index contributed by atoms with van der Waals surface area (Å²) in [5, 5.41) is 17.6. The van der Waals surface area contributed by atoms with E-state index in [0.717, 1.165) is 36.2 Å². The number of hydrogen-bond acceptors (Lipinski definition) is 6. The maximum absolute atomic E-state index is 12.4. The maximum atomic E-state index is 12.4. The molecule has 0 radical (unpaired) electrons. The van der Waals surface area contributed by atoms with Gasteiger partial charge in [0.05, 0.1) is 11.6 Å². The molecule has 2 aromatic carbocycles. The standard InChI is InChI=1S/C27H30N6O2/c1-4-21(7-6-14-29-5-2)22-17-30-27(35-18-22)33-25-15-24(11-8-19(25)3)32-26(34)31-23-12-9-20(16-28)10-13-23/h4-5,8-13,15,17,21H,1,6-7,14,18H2,2-3H3,(H,30,33)(H2,31,32,34). The third-order valence-corrected chi connectivity index (χ3v) is 5.48. The summed E-state index contributed by atoms with van der Waals surface area (Å²) in [4.78, 5) is 21.1. The zero-order chi connectivity index (χ0) is 25.0. The van der Waals surface area contributed by atoms with Crippen molar-refractivity contribution in [1.29, 1.82) is 5.26 Å². The van der Waals surface area contributed by atoms with Crippen LogP contribution in [0, 0.1) is 24.2 Å². The van der Waals surface area contributed by atoms with E-state index in [4.69, 9.17) is 10.00 Å². The number of allylic oxidation sites excluding steroid dienone is 1. The van der Waals surface area contributed by atoms with Gasteiger partial charge < -0.3 is 20.7 Å². The Kier molecular flexibility index (Phi) is 9.20. The number of aryl methyl sites for hydroxylation is 1. The fraction of sp³-hybridized carbons (Fsp3) is 0.259. The van der Waals surface area contributed by atoms with Crippen molar-refractivity contribution < 1.29 is 9.53 Å². The van der Waals surface area contributed by atoms with Gasteiger partial charge in [-0.15, -0.1) is 6.58 Å². The van der Waals surface area contributed by atoms with Gasteiger partial charge in [-0.05, 0) is 80.4 Å². The van der Waals surface area contributed by atoms with Gasteiger partial charge in [0.25, 0.3) is 6.02 Å². The molecule has 0 saturated heterocycles. The van der Waals surface area contributed by atoms with Crippen LogP contribution in [0.2, 0.25) is 0 Å². The van der Waals surface area contributed by atoms with Gasteiger partial charge in [-0.1, -0.05) is 12.1 Å². The van der Waals surface area contributed by atoms with E-state index >= 15 is 0 Å². The molecule has 0 bridgehead atoms. The molecule has 0 spiro atoms. The molecular formula is C27H30N6O2. The van der Waals surface area contributed by atoms with Crippen molar-refractivity contribution in [2.75, 3.05) is 29.1 Å². The lowest BCUT2D eigenvalue weighted by Crippen LogP contribution is -2.23. The Balaban J connectivity index is 1.60. The van der Waals surface area contributed by atoms with Gasteiger partial charge in [0.1, 0.15) is 6.61 Å². The molecule has 0 fully saturated rings. The Morgan fingerprint density at radius 3 is 2.66 bits per heavy atom. The van der Waals surface area contributed by atoms with E-state index in [9.17, 15) is 4.79 Å². The van der Waals surface area contributed by atoms with Gasteiger partial charge in [0.15, 0.2) is 0 Å². The fourth-order valence-electron chi connectivity index (χ4n) is 3.50. The maximum Gasteiger partial charge on any atom is 0.323 e. The van der Waals surface area contributed by atoms with Gasteiger partial charge in [0, 0.05) is 35.7 Å². The van der Waals surface area contributed by atoms with E-state index in [1.54, 1.807) is 24.3 Å². The molecule has 8 nitrogen and oxygen atoms in total. The average molecular weight is 471 g/mol. The van der Waals surface area contributed by atoms with Crippen molar-refractivity contribution in [3.63, 3.8) is 0 Å². The summed E-state index contributed by atoms with van der Waals surface area (Å²) < 4.78 is 5.85. The topological polar surface area (TPSA) is 111 Å². The first-order valence-electron chi connectivity index (χ1n) is 11.4. The zero-order valence-electron chi connectivity index (χ0n) is 20.0. The average Bonchev–Trinajstić information content (AvgIpc) is 2.87. The van der Waals surface area contributed by atoms with Crippen molar-refractivity contribution in [1.82, 2.24) is 0 Å². The third kappa shape index (κ3) is 7.57. The monoisotopic (exact) mass is 470 g/mol. The number of nitriles is 1. The number of aliphatic imine (C=N–C) groups is 2. The van der Waals surface area contributed by atoms with Crippen LogP contribution in [0.25, 0.3) is 0 Å². The first-order chi connectivity index (χ1) is 17.0. The highest BCUT2D eigenvalue weighted by molar-refractivity contribution is 6.00. The molecular weight excluding hydrogens is 440 g/mol. The number of urea groups is 1. The lowest BCUT2D eigenvalue weighted by atomic mass is 9.95. The van der Waals surface area contributed by atoms with Crippen molar-refractivity contribution in [2.45, 2.75) is 26.7 Å². The highest BCUT2D eigenvalue weighted by Crippen LogP contribution is 2.24. The molecule has 1 atom stereocenters. The molecule has 180 valence electrons. The summed E-state index contributed by atoms with van der Waals surface area (Å²) in [5.74, 6) is 0.205. The number of amidine groups is 1. The predicted octanol–water partition coefficient (Wildman–Crippen LogP) is 5.87. The second-order valence-electron chi connectivity index (χ2n) is 8.00. The van der Waals surface area contributed by atoms with E-state index in [0.29, 0.717) is 29.6 Å². The Hall–Kier alpha value is -4.38. The largest absolute Gasteiger partial charge is 0.460 e. The number of carbonyl (C=O) groups excluding carboxylic acids is 1. The molecule has 0 saturated carbocycles. The van der Waals surface area contributed by atoms with Crippen LogP contribution in [-0.4, -0.2) is 31.4 Å². The van der Waals surface area contributed by atoms with E-state index < -0.39 is 0 Å². The van der Waals surface area contributed by atoms with Crippen LogP contribution in [0.3, 0.4) is 0 Å². The SMILES string of the molecule is C=CC(CCCN=CC)C1=CN=C(Nc2cc(NC(=O)Nc3ccc(C#N)cc3)ccc2C)OC1. The summed E-state index contributed by atoms with van der Waals surface area (Å²) in [7, 11) is 0. The number of nitrogens with one attached hydrogen (secondary N) is 3. The van der Waals surface area contributed by atoms with Crippen LogP contribution < -0.4 is 16.0 Å². The Labute approximate surface area is 206 Å². The lowest BCUT2D eigenvalue weighted by molar-refractivity contribution is 0.262. The predicted molar refractivity (Wildman–Crippen MR) is 142 cm³/mol. The van der Waals surface area contributed by atoms with E-state index in [1.165, 1.54) is 0 Å². The smallest absolute Gasteiger partial charge is 0.323 e. The fourth-order valence-corrected chi connectivity index (χ4v) is 3.50. The molecule has 0 aromatic heterocycles. The number of hydrogen-bond donors (Lipinski definition) is 3. The van der Waals surface area contributed by atoms with Gasteiger partial charge >= 0.3 is 6.03 Å². The third-order valence-electron chi connectivity index (χ3n) is 5.48. The number of anilines is 3. The van der Waals surface area contributed by atoms with Crippen molar-refractivity contribution in [3.05, 3.63) is 78.0 Å². The molecule has 1 heterocycles. The van der Waals surface area contributed by atoms with Gasteiger partial charge in [-0.3, -0.25) is 4.99 Å². The molecule has 1 aliphatic heterocycles. The summed E-state index contributed by atoms with van der Waals surface area (Å²) in [6.07, 6.45) is 7.52. The van der Waals surface area contributed by atoms with Crippen LogP contribution >= 0.6 is 0 Å². The van der Waals surface area contributed by atoms with Crippen molar-refractivity contribution in [2.24, 2.45) is 15.9 Å². The van der Waals surface area contributed by atoms with Crippen LogP contribution in [-0.2, 0) is 4.74 Å². The summed E-state index contributed by atoms with van der Waals surface area (Å²) in [6, 6.07) is 14.2. The molecule has 1 unspecified atom stereocenters. The first-order valence-corrected chi connectivity index (χ1v) is 11.4. The normalized spacial score (nSPS) is 13.6. The second-order valence-corrected chi connectivity index (χ2v) is 8.00. The highest BCUT2D eigenvalue weighted by Gasteiger charge is 2.17. The minimum atomic E-state index is -0.386. The molecule has 2 amide bonds. The molecule has 3 N–H and O–H groups in total. The molecule has 8 heteroatoms. The van der Waals surface area contributed by atoms with Gasteiger partial charge in [0.2, 0.25) is 0 Å². The number of amides is 2. The van der Waals surface area contributed by atoms with Crippen molar-refractivity contribution >= 4 is 35.3 Å². The van der Waals surface area contributed by atoms with Gasteiger partial charge in [-0.25, -0.2) is 9.79 Å². The van der Waals surface area contributed by atoms with Crippen LogP contribution in [0.15, 0.2) is 76.9 Å². The Morgan fingerprint density at radius 1 is 1.26 bits per heavy atom. The van der Waals surface area contributed by atoms with Gasteiger partial charge in [-0.2, -0.15) is 5.26 Å². The first kappa shape index (κ1) is 25.2. The Bertz CT molecular complexity index is 1180. The van der Waals surface area contributed by atoms with E-state index in [2.05, 4.69) is 32.5 Å². The molecule has 3 rings (SSSR count). The minimum Gasteiger partial charge on any atom is -0.460 e. The highest BCUT2D eigenvalue weighted by atomic mass is 16.5. The number of rotatable bonds is 9. The van der Waals surface area contributed by atoms with Crippen LogP contribution in [0.5, 0.6) is 0 Å². The molecule has 0 aliphatic carbocycles. The zero-order valence-corrected chi connectivity index (χ0v) is 20.0. The summed E-state index contributed by atoms with van der Waals surface area (Å²) >= 11 is 0.